The molecule has 2 bridgehead atoms. The van der Waals surface area contributed by atoms with Crippen LogP contribution in [-0.2, 0) is 11.1 Å². The van der Waals surface area contributed by atoms with E-state index >= 15 is 0 Å². The van der Waals surface area contributed by atoms with Crippen LogP contribution in [0.25, 0.3) is 0 Å². The molecule has 0 radical (unpaired) electrons. The molecule has 1 aromatic carbocycles. The number of hydrogen-bond acceptors (Lipinski definition) is 1. The van der Waals surface area contributed by atoms with Crippen LogP contribution < -0.4 is 0 Å². The summed E-state index contributed by atoms with van der Waals surface area (Å²) in [5.74, 6) is 0. The molecule has 0 unspecified atom stereocenters. The zero-order valence-corrected chi connectivity index (χ0v) is 14.4. The first kappa shape index (κ1) is 13.9. The van der Waals surface area contributed by atoms with Crippen LogP contribution in [0.15, 0.2) is 11.1 Å². The molecule has 1 heteroatoms. The number of nitrogens with zero attached hydrogens (tertiary/aromatic N) is 1. The molecule has 0 aliphatic carbocycles. The third-order valence-corrected chi connectivity index (χ3v) is 7.03. The summed E-state index contributed by atoms with van der Waals surface area (Å²) >= 11 is 0. The van der Waals surface area contributed by atoms with Gasteiger partial charge in [0.25, 0.3) is 0 Å². The van der Waals surface area contributed by atoms with Crippen molar-refractivity contribution in [3.8, 4) is 0 Å². The molecule has 2 heterocycles. The van der Waals surface area contributed by atoms with Gasteiger partial charge in [-0.25, -0.2) is 0 Å². The van der Waals surface area contributed by atoms with Crippen molar-refractivity contribution in [1.29, 1.82) is 0 Å². The summed E-state index contributed by atoms with van der Waals surface area (Å²) in [6.45, 7) is 18.6. The van der Waals surface area contributed by atoms with Crippen molar-refractivity contribution in [1.82, 2.24) is 4.90 Å². The van der Waals surface area contributed by atoms with Crippen LogP contribution in [0.4, 0.5) is 0 Å². The summed E-state index contributed by atoms with van der Waals surface area (Å²) in [5, 5.41) is 0. The number of hydrogen-bond donors (Lipinski definition) is 0. The molecular weight excluding hydrogens is 242 g/mol. The molecular formula is C19H27N. The van der Waals surface area contributed by atoms with Crippen LogP contribution >= 0.6 is 0 Å². The average molecular weight is 269 g/mol. The largest absolute Gasteiger partial charge is 0.280 e. The lowest BCUT2D eigenvalue weighted by Gasteiger charge is -2.34. The van der Waals surface area contributed by atoms with Gasteiger partial charge in [0, 0.05) is 0 Å². The number of rotatable bonds is 0. The second kappa shape index (κ2) is 3.57. The summed E-state index contributed by atoms with van der Waals surface area (Å²) in [7, 11) is 2.30. The van der Waals surface area contributed by atoms with Gasteiger partial charge in [-0.15, -0.1) is 0 Å². The molecule has 1 nitrogen and oxygen atoms in total. The van der Waals surface area contributed by atoms with Crippen molar-refractivity contribution in [2.45, 2.75) is 66.5 Å². The van der Waals surface area contributed by atoms with Crippen molar-refractivity contribution in [2.24, 2.45) is 0 Å². The highest BCUT2D eigenvalue weighted by molar-refractivity contribution is 5.67. The van der Waals surface area contributed by atoms with Crippen LogP contribution in [0, 0.1) is 27.7 Å². The SMILES string of the molecule is CC1=C(C)[C@]2(C)c3c(C)c(C)c(C)c(C)c3[C@@]1(C)N2C. The minimum Gasteiger partial charge on any atom is -0.280 e. The molecule has 2 aliphatic rings. The van der Waals surface area contributed by atoms with Gasteiger partial charge < -0.3 is 0 Å². The summed E-state index contributed by atoms with van der Waals surface area (Å²) < 4.78 is 0. The Morgan fingerprint density at radius 1 is 0.600 bits per heavy atom. The van der Waals surface area contributed by atoms with E-state index in [1.165, 1.54) is 22.3 Å². The third-order valence-electron chi connectivity index (χ3n) is 7.03. The van der Waals surface area contributed by atoms with Crippen molar-refractivity contribution in [3.63, 3.8) is 0 Å². The molecule has 108 valence electrons. The maximum atomic E-state index is 2.59. The van der Waals surface area contributed by atoms with Crippen molar-refractivity contribution >= 4 is 0 Å². The lowest BCUT2D eigenvalue weighted by atomic mass is 9.70. The maximum Gasteiger partial charge on any atom is 0.0660 e. The molecule has 0 N–H and O–H groups in total. The van der Waals surface area contributed by atoms with Gasteiger partial charge in [0.2, 0.25) is 0 Å². The fourth-order valence-corrected chi connectivity index (χ4v) is 4.92. The Balaban J connectivity index is 2.54. The van der Waals surface area contributed by atoms with E-state index in [-0.39, 0.29) is 11.1 Å². The van der Waals surface area contributed by atoms with Gasteiger partial charge in [-0.3, -0.25) is 4.90 Å². The Morgan fingerprint density at radius 3 is 1.20 bits per heavy atom. The van der Waals surface area contributed by atoms with E-state index in [0.717, 1.165) is 0 Å². The Morgan fingerprint density at radius 2 is 0.900 bits per heavy atom. The molecule has 2 atom stereocenters. The Hall–Kier alpha value is -1.08. The Kier molecular flexibility index (Phi) is 2.48. The smallest absolute Gasteiger partial charge is 0.0660 e. The minimum atomic E-state index is 0.0709. The highest BCUT2D eigenvalue weighted by Gasteiger charge is 2.60. The standard InChI is InChI=1S/C19H27N/c1-10-11(2)13(4)17-16(12(10)3)18(7)14(5)15(6)19(17,8)20(18)9/h1-9H3/t18-,19+. The van der Waals surface area contributed by atoms with Gasteiger partial charge in [0.15, 0.2) is 0 Å². The van der Waals surface area contributed by atoms with Crippen LogP contribution in [0.3, 0.4) is 0 Å². The Labute approximate surface area is 123 Å². The van der Waals surface area contributed by atoms with E-state index in [4.69, 9.17) is 0 Å². The molecule has 0 spiro atoms. The molecule has 1 aromatic rings. The topological polar surface area (TPSA) is 3.24 Å². The molecule has 0 amide bonds. The first-order valence-corrected chi connectivity index (χ1v) is 7.64. The van der Waals surface area contributed by atoms with E-state index < -0.39 is 0 Å². The van der Waals surface area contributed by atoms with Gasteiger partial charge in [-0.2, -0.15) is 0 Å². The van der Waals surface area contributed by atoms with E-state index in [2.05, 4.69) is 67.3 Å². The molecule has 0 aromatic heterocycles. The van der Waals surface area contributed by atoms with Gasteiger partial charge in [0.05, 0.1) is 11.1 Å². The first-order valence-electron chi connectivity index (χ1n) is 7.64. The zero-order valence-electron chi connectivity index (χ0n) is 14.4. The highest BCUT2D eigenvalue weighted by atomic mass is 15.3. The van der Waals surface area contributed by atoms with E-state index in [1.54, 1.807) is 22.3 Å². The monoisotopic (exact) mass is 269 g/mol. The zero-order chi connectivity index (χ0) is 15.2. The quantitative estimate of drug-likeness (QED) is 0.620. The molecule has 20 heavy (non-hydrogen) atoms. The maximum absolute atomic E-state index is 2.59. The number of benzene rings is 1. The average Bonchev–Trinajstić information content (AvgIpc) is 2.67. The fraction of sp³-hybridized carbons (Fsp3) is 0.579. The second-order valence-electron chi connectivity index (χ2n) is 7.20. The van der Waals surface area contributed by atoms with Crippen LogP contribution in [-0.4, -0.2) is 11.9 Å². The second-order valence-corrected chi connectivity index (χ2v) is 7.20. The van der Waals surface area contributed by atoms with Crippen LogP contribution in [0.1, 0.15) is 61.1 Å². The van der Waals surface area contributed by atoms with Crippen LogP contribution in [0.2, 0.25) is 0 Å². The molecule has 3 rings (SSSR count). The molecule has 0 saturated heterocycles. The molecule has 0 fully saturated rings. The molecule has 2 aliphatic heterocycles. The van der Waals surface area contributed by atoms with Gasteiger partial charge in [0.1, 0.15) is 0 Å². The van der Waals surface area contributed by atoms with E-state index in [0.29, 0.717) is 0 Å². The summed E-state index contributed by atoms with van der Waals surface area (Å²) in [6.07, 6.45) is 0. The van der Waals surface area contributed by atoms with Gasteiger partial charge in [-0.05, 0) is 107 Å². The normalized spacial score (nSPS) is 32.2. The lowest BCUT2D eigenvalue weighted by molar-refractivity contribution is 0.129. The summed E-state index contributed by atoms with van der Waals surface area (Å²) in [5.41, 5.74) is 12.3. The van der Waals surface area contributed by atoms with Crippen molar-refractivity contribution < 1.29 is 0 Å². The first-order chi connectivity index (χ1) is 9.11. The molecule has 0 saturated carbocycles. The van der Waals surface area contributed by atoms with E-state index in [9.17, 15) is 0 Å². The predicted molar refractivity (Wildman–Crippen MR) is 86.2 cm³/mol. The number of fused-ring (bicyclic) bond motifs is 5. The lowest BCUT2D eigenvalue weighted by Crippen LogP contribution is -2.40. The number of likely N-dealkylation sites (N-methyl/N-ethyl adjacent to an activating group) is 1. The summed E-state index contributed by atoms with van der Waals surface area (Å²) in [6, 6.07) is 0. The third kappa shape index (κ3) is 1.08. The van der Waals surface area contributed by atoms with Gasteiger partial charge >= 0.3 is 0 Å². The van der Waals surface area contributed by atoms with Crippen molar-refractivity contribution in [2.75, 3.05) is 7.05 Å². The van der Waals surface area contributed by atoms with Crippen molar-refractivity contribution in [3.05, 3.63) is 44.5 Å². The summed E-state index contributed by atoms with van der Waals surface area (Å²) in [4.78, 5) is 2.59. The minimum absolute atomic E-state index is 0.0709. The highest BCUT2D eigenvalue weighted by Crippen LogP contribution is 2.63. The Bertz CT molecular complexity index is 623. The van der Waals surface area contributed by atoms with Gasteiger partial charge in [-0.1, -0.05) is 0 Å². The fourth-order valence-electron chi connectivity index (χ4n) is 4.92. The van der Waals surface area contributed by atoms with E-state index in [1.807, 2.05) is 0 Å². The predicted octanol–water partition coefficient (Wildman–Crippen LogP) is 4.65. The van der Waals surface area contributed by atoms with Crippen LogP contribution in [0.5, 0.6) is 0 Å².